The smallest absolute Gasteiger partial charge is 0.262 e. The molecule has 2 N–H and O–H groups in total. The van der Waals surface area contributed by atoms with E-state index in [2.05, 4.69) is 20.3 Å². The number of thioether (sulfide) groups is 1. The van der Waals surface area contributed by atoms with Crippen LogP contribution >= 0.6 is 23.1 Å². The third-order valence-electron chi connectivity index (χ3n) is 4.32. The van der Waals surface area contributed by atoms with Crippen LogP contribution in [0.4, 0.5) is 5.13 Å². The highest BCUT2D eigenvalue weighted by Crippen LogP contribution is 2.39. The van der Waals surface area contributed by atoms with Crippen molar-refractivity contribution in [3.63, 3.8) is 0 Å². The van der Waals surface area contributed by atoms with Crippen LogP contribution in [0.2, 0.25) is 0 Å². The highest BCUT2D eigenvalue weighted by atomic mass is 32.2. The van der Waals surface area contributed by atoms with E-state index >= 15 is 0 Å². The van der Waals surface area contributed by atoms with Gasteiger partial charge in [-0.1, -0.05) is 0 Å². The van der Waals surface area contributed by atoms with Gasteiger partial charge in [-0.3, -0.25) is 10.1 Å². The molecule has 6 nitrogen and oxygen atoms in total. The Morgan fingerprint density at radius 3 is 2.63 bits per heavy atom. The van der Waals surface area contributed by atoms with Crippen molar-refractivity contribution in [3.05, 3.63) is 46.7 Å². The van der Waals surface area contributed by atoms with Crippen molar-refractivity contribution in [2.75, 3.05) is 11.6 Å². The number of rotatable bonds is 5. The van der Waals surface area contributed by atoms with Crippen LogP contribution in [0.5, 0.6) is 5.75 Å². The number of anilines is 1. The number of aryl methyl sites for hydroxylation is 1. The highest BCUT2D eigenvalue weighted by molar-refractivity contribution is 7.98. The van der Waals surface area contributed by atoms with Crippen molar-refractivity contribution in [1.82, 2.24) is 15.0 Å². The van der Waals surface area contributed by atoms with Gasteiger partial charge in [0.25, 0.3) is 5.91 Å². The Balaban J connectivity index is 1.57. The number of hydrogen-bond donors (Lipinski definition) is 2. The molecule has 1 aliphatic rings. The van der Waals surface area contributed by atoms with Crippen LogP contribution in [0.25, 0.3) is 11.3 Å². The van der Waals surface area contributed by atoms with Crippen molar-refractivity contribution in [3.8, 4) is 17.0 Å². The fourth-order valence-electron chi connectivity index (χ4n) is 2.76. The summed E-state index contributed by atoms with van der Waals surface area (Å²) >= 11 is 2.81. The summed E-state index contributed by atoms with van der Waals surface area (Å²) in [6.07, 6.45) is 4.16. The maximum Gasteiger partial charge on any atom is 0.262 e. The summed E-state index contributed by atoms with van der Waals surface area (Å²) in [6.45, 7) is 1.85. The Morgan fingerprint density at radius 2 is 1.96 bits per heavy atom. The zero-order valence-electron chi connectivity index (χ0n) is 14.9. The number of thiazole rings is 1. The Hall–Kier alpha value is -2.45. The SMILES string of the molecule is CSc1nc(C2CC2)nc(C)c1C(=O)Nc1nc(-c2ccc(O)cc2)cs1. The molecule has 0 spiro atoms. The molecule has 0 unspecified atom stereocenters. The molecule has 8 heteroatoms. The average molecular weight is 399 g/mol. The molecule has 4 rings (SSSR count). The number of carbonyl (C=O) groups is 1. The molecular formula is C19H18N4O2S2. The first-order valence-corrected chi connectivity index (χ1v) is 10.6. The summed E-state index contributed by atoms with van der Waals surface area (Å²) in [5.74, 6) is 1.25. The number of nitrogens with one attached hydrogen (secondary N) is 1. The Bertz CT molecular complexity index is 997. The summed E-state index contributed by atoms with van der Waals surface area (Å²) in [5.41, 5.74) is 2.83. The first-order valence-electron chi connectivity index (χ1n) is 8.54. The fraction of sp³-hybridized carbons (Fsp3) is 0.263. The molecule has 1 amide bonds. The maximum atomic E-state index is 12.8. The maximum absolute atomic E-state index is 12.8. The first kappa shape index (κ1) is 17.9. The van der Waals surface area contributed by atoms with Gasteiger partial charge in [0.05, 0.1) is 17.0 Å². The number of hydrogen-bond acceptors (Lipinski definition) is 7. The van der Waals surface area contributed by atoms with Crippen molar-refractivity contribution >= 4 is 34.1 Å². The molecule has 3 aromatic rings. The molecule has 0 atom stereocenters. The van der Waals surface area contributed by atoms with Gasteiger partial charge in [0.2, 0.25) is 0 Å². The van der Waals surface area contributed by atoms with Gasteiger partial charge in [0, 0.05) is 16.9 Å². The topological polar surface area (TPSA) is 88.0 Å². The van der Waals surface area contributed by atoms with Gasteiger partial charge < -0.3 is 5.11 Å². The second-order valence-corrected chi connectivity index (χ2v) is 8.02. The summed E-state index contributed by atoms with van der Waals surface area (Å²) < 4.78 is 0. The van der Waals surface area contributed by atoms with E-state index in [0.29, 0.717) is 27.3 Å². The third kappa shape index (κ3) is 3.81. The minimum Gasteiger partial charge on any atom is -0.508 e. The molecule has 0 aliphatic heterocycles. The monoisotopic (exact) mass is 398 g/mol. The van der Waals surface area contributed by atoms with Gasteiger partial charge >= 0.3 is 0 Å². The minimum absolute atomic E-state index is 0.206. The largest absolute Gasteiger partial charge is 0.508 e. The van der Waals surface area contributed by atoms with Gasteiger partial charge in [-0.2, -0.15) is 0 Å². The average Bonchev–Trinajstić information content (AvgIpc) is 3.41. The van der Waals surface area contributed by atoms with E-state index in [1.54, 1.807) is 24.3 Å². The molecule has 1 fully saturated rings. The third-order valence-corrected chi connectivity index (χ3v) is 5.76. The zero-order valence-corrected chi connectivity index (χ0v) is 16.5. The summed E-state index contributed by atoms with van der Waals surface area (Å²) in [4.78, 5) is 26.4. The van der Waals surface area contributed by atoms with Crippen molar-refractivity contribution in [1.29, 1.82) is 0 Å². The van der Waals surface area contributed by atoms with Gasteiger partial charge in [-0.25, -0.2) is 15.0 Å². The summed E-state index contributed by atoms with van der Waals surface area (Å²) in [6, 6.07) is 6.80. The van der Waals surface area contributed by atoms with Crippen molar-refractivity contribution < 1.29 is 9.90 Å². The van der Waals surface area contributed by atoms with E-state index in [1.807, 2.05) is 18.6 Å². The summed E-state index contributed by atoms with van der Waals surface area (Å²) in [7, 11) is 0. The van der Waals surface area contributed by atoms with Crippen LogP contribution in [-0.2, 0) is 0 Å². The lowest BCUT2D eigenvalue weighted by atomic mass is 10.2. The van der Waals surface area contributed by atoms with Crippen LogP contribution in [0.1, 0.15) is 40.6 Å². The highest BCUT2D eigenvalue weighted by Gasteiger charge is 2.29. The lowest BCUT2D eigenvalue weighted by Crippen LogP contribution is -2.17. The Morgan fingerprint density at radius 1 is 1.22 bits per heavy atom. The number of amides is 1. The number of nitrogens with zero attached hydrogens (tertiary/aromatic N) is 3. The number of phenols is 1. The predicted octanol–water partition coefficient (Wildman–Crippen LogP) is 4.47. The molecule has 1 aliphatic carbocycles. The molecular weight excluding hydrogens is 380 g/mol. The Labute approximate surface area is 165 Å². The lowest BCUT2D eigenvalue weighted by Gasteiger charge is -2.11. The van der Waals surface area contributed by atoms with Crippen LogP contribution in [0, 0.1) is 6.92 Å². The van der Waals surface area contributed by atoms with Crippen LogP contribution in [0.3, 0.4) is 0 Å². The predicted molar refractivity (Wildman–Crippen MR) is 108 cm³/mol. The van der Waals surface area contributed by atoms with Gasteiger partial charge in [-0.15, -0.1) is 23.1 Å². The fourth-order valence-corrected chi connectivity index (χ4v) is 4.10. The van der Waals surface area contributed by atoms with Gasteiger partial charge in [-0.05, 0) is 50.3 Å². The number of aromatic nitrogens is 3. The van der Waals surface area contributed by atoms with E-state index < -0.39 is 0 Å². The lowest BCUT2D eigenvalue weighted by molar-refractivity contribution is 0.102. The molecule has 138 valence electrons. The minimum atomic E-state index is -0.245. The molecule has 0 saturated heterocycles. The molecule has 27 heavy (non-hydrogen) atoms. The quantitative estimate of drug-likeness (QED) is 0.487. The number of phenolic OH excluding ortho intramolecular Hbond substituents is 1. The molecule has 2 aromatic heterocycles. The molecule has 2 heterocycles. The number of carbonyl (C=O) groups excluding carboxylic acids is 1. The Kier molecular flexibility index (Phi) is 4.84. The first-order chi connectivity index (χ1) is 13.0. The van der Waals surface area contributed by atoms with Crippen molar-refractivity contribution in [2.45, 2.75) is 30.7 Å². The van der Waals surface area contributed by atoms with E-state index in [9.17, 15) is 9.90 Å². The number of aromatic hydroxyl groups is 1. The van der Waals surface area contributed by atoms with E-state index in [1.165, 1.54) is 23.1 Å². The second kappa shape index (κ2) is 7.28. The standard InChI is InChI=1S/C19H18N4O2S2/c1-10-15(18(26-2)22-16(20-10)12-3-4-12)17(25)23-19-21-14(9-27-19)11-5-7-13(24)8-6-11/h5-9,12,24H,3-4H2,1-2H3,(H,21,23,25). The van der Waals surface area contributed by atoms with Gasteiger partial charge in [0.15, 0.2) is 5.13 Å². The van der Waals surface area contributed by atoms with Crippen LogP contribution in [-0.4, -0.2) is 32.2 Å². The molecule has 1 aromatic carbocycles. The molecule has 1 saturated carbocycles. The summed E-state index contributed by atoms with van der Waals surface area (Å²) in [5, 5.41) is 15.4. The van der Waals surface area contributed by atoms with Gasteiger partial charge in [0.1, 0.15) is 16.6 Å². The second-order valence-electron chi connectivity index (χ2n) is 6.36. The normalized spacial score (nSPS) is 13.6. The van der Waals surface area contributed by atoms with E-state index in [4.69, 9.17) is 0 Å². The van der Waals surface area contributed by atoms with Crippen LogP contribution < -0.4 is 5.32 Å². The molecule has 0 radical (unpaired) electrons. The molecule has 0 bridgehead atoms. The van der Waals surface area contributed by atoms with E-state index in [0.717, 1.165) is 29.9 Å². The van der Waals surface area contributed by atoms with Crippen LogP contribution in [0.15, 0.2) is 34.7 Å². The van der Waals surface area contributed by atoms with Crippen molar-refractivity contribution in [2.24, 2.45) is 0 Å². The number of benzene rings is 1. The zero-order chi connectivity index (χ0) is 19.0. The van der Waals surface area contributed by atoms with E-state index in [-0.39, 0.29) is 11.7 Å².